The van der Waals surface area contributed by atoms with Gasteiger partial charge in [-0.1, -0.05) is 42.5 Å². The SMILES string of the molecule is O=[N+]([O-])c1c(N2CCN(Cc3ccccc3)CC2)ncnc1N1CCN(c2ccccc2F)CC1. The van der Waals surface area contributed by atoms with E-state index in [0.29, 0.717) is 56.6 Å². The van der Waals surface area contributed by atoms with E-state index in [0.717, 1.165) is 19.6 Å². The molecular weight excluding hydrogens is 449 g/mol. The first kappa shape index (κ1) is 23.0. The number of hydrogen-bond acceptors (Lipinski definition) is 8. The van der Waals surface area contributed by atoms with Gasteiger partial charge in [0.1, 0.15) is 12.1 Å². The molecule has 0 amide bonds. The highest BCUT2D eigenvalue weighted by Gasteiger charge is 2.33. The van der Waals surface area contributed by atoms with Crippen molar-refractivity contribution in [2.75, 3.05) is 67.1 Å². The van der Waals surface area contributed by atoms with Crippen molar-refractivity contribution in [1.82, 2.24) is 14.9 Å². The Kier molecular flexibility index (Phi) is 6.71. The molecule has 3 heterocycles. The Labute approximate surface area is 203 Å². The fraction of sp³-hybridized carbons (Fsp3) is 0.360. The van der Waals surface area contributed by atoms with Crippen LogP contribution in [0.4, 0.5) is 27.4 Å². The van der Waals surface area contributed by atoms with Crippen molar-refractivity contribution in [3.8, 4) is 0 Å². The number of para-hydroxylation sites is 1. The number of rotatable bonds is 6. The van der Waals surface area contributed by atoms with Crippen LogP contribution in [0.25, 0.3) is 0 Å². The van der Waals surface area contributed by atoms with Crippen molar-refractivity contribution >= 4 is 23.0 Å². The average Bonchev–Trinajstić information content (AvgIpc) is 2.90. The molecule has 0 atom stereocenters. The number of halogens is 1. The molecule has 35 heavy (non-hydrogen) atoms. The van der Waals surface area contributed by atoms with Crippen molar-refractivity contribution in [3.05, 3.63) is 82.4 Å². The van der Waals surface area contributed by atoms with Gasteiger partial charge in [-0.15, -0.1) is 0 Å². The zero-order chi connectivity index (χ0) is 24.2. The van der Waals surface area contributed by atoms with E-state index >= 15 is 0 Å². The summed E-state index contributed by atoms with van der Waals surface area (Å²) in [6, 6.07) is 17.0. The number of benzene rings is 2. The predicted octanol–water partition coefficient (Wildman–Crippen LogP) is 3.17. The Morgan fingerprint density at radius 3 is 1.91 bits per heavy atom. The third-order valence-corrected chi connectivity index (χ3v) is 6.66. The van der Waals surface area contributed by atoms with E-state index in [1.165, 1.54) is 18.0 Å². The van der Waals surface area contributed by atoms with E-state index in [1.54, 1.807) is 12.1 Å². The van der Waals surface area contributed by atoms with Crippen molar-refractivity contribution < 1.29 is 9.31 Å². The minimum Gasteiger partial charge on any atom is -0.366 e. The molecule has 2 aliphatic heterocycles. The van der Waals surface area contributed by atoms with Crippen molar-refractivity contribution in [2.45, 2.75) is 6.54 Å². The molecule has 0 spiro atoms. The zero-order valence-electron chi connectivity index (χ0n) is 19.5. The second-order valence-electron chi connectivity index (χ2n) is 8.80. The van der Waals surface area contributed by atoms with Crippen LogP contribution in [0.15, 0.2) is 60.9 Å². The normalized spacial score (nSPS) is 17.0. The molecule has 182 valence electrons. The standard InChI is InChI=1S/C25H28FN7O2/c26-21-8-4-5-9-22(21)30-14-16-32(17-15-30)25-23(33(34)35)24(27-19-28-25)31-12-10-29(11-13-31)18-20-6-2-1-3-7-20/h1-9,19H,10-18H2. The Morgan fingerprint density at radius 1 is 0.771 bits per heavy atom. The first-order valence-electron chi connectivity index (χ1n) is 11.8. The van der Waals surface area contributed by atoms with E-state index < -0.39 is 0 Å². The van der Waals surface area contributed by atoms with Crippen LogP contribution in [0.2, 0.25) is 0 Å². The maximum Gasteiger partial charge on any atom is 0.353 e. The highest BCUT2D eigenvalue weighted by atomic mass is 19.1. The van der Waals surface area contributed by atoms with E-state index in [2.05, 4.69) is 27.0 Å². The van der Waals surface area contributed by atoms with Gasteiger partial charge in [0.05, 0.1) is 10.6 Å². The number of nitrogens with zero attached hydrogens (tertiary/aromatic N) is 7. The van der Waals surface area contributed by atoms with Crippen LogP contribution in [-0.4, -0.2) is 72.1 Å². The minimum atomic E-state index is -0.371. The van der Waals surface area contributed by atoms with E-state index in [1.807, 2.05) is 39.0 Å². The Morgan fingerprint density at radius 2 is 1.31 bits per heavy atom. The van der Waals surface area contributed by atoms with Gasteiger partial charge < -0.3 is 14.7 Å². The maximum atomic E-state index is 14.2. The van der Waals surface area contributed by atoms with Crippen molar-refractivity contribution in [2.24, 2.45) is 0 Å². The Bertz CT molecular complexity index is 1160. The number of piperazine rings is 2. The summed E-state index contributed by atoms with van der Waals surface area (Å²) in [5.41, 5.74) is 1.76. The molecule has 0 saturated carbocycles. The second kappa shape index (κ2) is 10.2. The van der Waals surface area contributed by atoms with E-state index in [-0.39, 0.29) is 16.4 Å². The molecule has 0 unspecified atom stereocenters. The van der Waals surface area contributed by atoms with Crippen LogP contribution >= 0.6 is 0 Å². The lowest BCUT2D eigenvalue weighted by Gasteiger charge is -2.37. The summed E-state index contributed by atoms with van der Waals surface area (Å²) in [5.74, 6) is 0.443. The topological polar surface area (TPSA) is 81.9 Å². The molecule has 2 fully saturated rings. The molecule has 3 aromatic rings. The lowest BCUT2D eigenvalue weighted by atomic mass is 10.2. The quantitative estimate of drug-likeness (QED) is 0.396. The summed E-state index contributed by atoms with van der Waals surface area (Å²) in [7, 11) is 0. The molecule has 2 aromatic carbocycles. The lowest BCUT2D eigenvalue weighted by molar-refractivity contribution is -0.383. The number of hydrogen-bond donors (Lipinski definition) is 0. The summed E-state index contributed by atoms with van der Waals surface area (Å²) in [6.07, 6.45) is 1.41. The van der Waals surface area contributed by atoms with Crippen molar-refractivity contribution in [3.63, 3.8) is 0 Å². The summed E-state index contributed by atoms with van der Waals surface area (Å²) in [4.78, 5) is 28.6. The largest absolute Gasteiger partial charge is 0.366 e. The molecule has 5 rings (SSSR count). The molecule has 1 aromatic heterocycles. The summed E-state index contributed by atoms with van der Waals surface area (Å²) in [6.45, 7) is 5.89. The fourth-order valence-corrected chi connectivity index (χ4v) is 4.81. The molecular formula is C25H28FN7O2. The molecule has 0 radical (unpaired) electrons. The third kappa shape index (κ3) is 5.02. The fourth-order valence-electron chi connectivity index (χ4n) is 4.81. The average molecular weight is 478 g/mol. The van der Waals surface area contributed by atoms with Gasteiger partial charge in [-0.05, 0) is 17.7 Å². The van der Waals surface area contributed by atoms with Gasteiger partial charge in [-0.3, -0.25) is 15.0 Å². The number of aromatic nitrogens is 2. The molecule has 2 aliphatic rings. The van der Waals surface area contributed by atoms with Gasteiger partial charge in [0.15, 0.2) is 0 Å². The van der Waals surface area contributed by atoms with Gasteiger partial charge in [0.2, 0.25) is 11.6 Å². The van der Waals surface area contributed by atoms with Crippen LogP contribution in [0.3, 0.4) is 0 Å². The van der Waals surface area contributed by atoms with Crippen LogP contribution in [0, 0.1) is 15.9 Å². The molecule has 10 heteroatoms. The summed E-state index contributed by atoms with van der Waals surface area (Å²) in [5, 5.41) is 12.2. The molecule has 0 aliphatic carbocycles. The number of anilines is 3. The monoisotopic (exact) mass is 477 g/mol. The minimum absolute atomic E-state index is 0.0525. The van der Waals surface area contributed by atoms with Crippen LogP contribution < -0.4 is 14.7 Å². The lowest BCUT2D eigenvalue weighted by Crippen LogP contribution is -2.48. The zero-order valence-corrected chi connectivity index (χ0v) is 19.5. The summed E-state index contributed by atoms with van der Waals surface area (Å²) >= 11 is 0. The second-order valence-corrected chi connectivity index (χ2v) is 8.80. The first-order chi connectivity index (χ1) is 17.1. The molecule has 0 bridgehead atoms. The molecule has 2 saturated heterocycles. The summed E-state index contributed by atoms with van der Waals surface area (Å²) < 4.78 is 14.2. The van der Waals surface area contributed by atoms with Crippen LogP contribution in [0.1, 0.15) is 5.56 Å². The highest BCUT2D eigenvalue weighted by Crippen LogP contribution is 2.35. The third-order valence-electron chi connectivity index (χ3n) is 6.66. The van der Waals surface area contributed by atoms with Crippen LogP contribution in [0.5, 0.6) is 0 Å². The predicted molar refractivity (Wildman–Crippen MR) is 133 cm³/mol. The highest BCUT2D eigenvalue weighted by molar-refractivity contribution is 5.72. The molecule has 9 nitrogen and oxygen atoms in total. The van der Waals surface area contributed by atoms with Gasteiger partial charge in [-0.25, -0.2) is 14.4 Å². The van der Waals surface area contributed by atoms with Gasteiger partial charge in [0, 0.05) is 58.9 Å². The maximum absolute atomic E-state index is 14.2. The van der Waals surface area contributed by atoms with Gasteiger partial charge in [-0.2, -0.15) is 0 Å². The number of nitro groups is 1. The van der Waals surface area contributed by atoms with Crippen molar-refractivity contribution in [1.29, 1.82) is 0 Å². The Balaban J connectivity index is 1.28. The van der Waals surface area contributed by atoms with Gasteiger partial charge in [0.25, 0.3) is 0 Å². The van der Waals surface area contributed by atoms with E-state index in [4.69, 9.17) is 0 Å². The molecule has 0 N–H and O–H groups in total. The first-order valence-corrected chi connectivity index (χ1v) is 11.8. The Hall–Kier alpha value is -3.79. The van der Waals surface area contributed by atoms with E-state index in [9.17, 15) is 14.5 Å². The smallest absolute Gasteiger partial charge is 0.353 e. The van der Waals surface area contributed by atoms with Gasteiger partial charge >= 0.3 is 5.69 Å². The van der Waals surface area contributed by atoms with Crippen LogP contribution in [-0.2, 0) is 6.54 Å².